The van der Waals surface area contributed by atoms with Crippen molar-refractivity contribution in [2.75, 3.05) is 45.2 Å². The van der Waals surface area contributed by atoms with Crippen LogP contribution in [-0.2, 0) is 10.2 Å². The van der Waals surface area contributed by atoms with Crippen molar-refractivity contribution in [3.63, 3.8) is 0 Å². The van der Waals surface area contributed by atoms with Gasteiger partial charge in [-0.05, 0) is 24.3 Å². The van der Waals surface area contributed by atoms with E-state index in [4.69, 9.17) is 0 Å². The Balaban J connectivity index is 1.99. The topological polar surface area (TPSA) is 73.0 Å². The van der Waals surface area contributed by atoms with E-state index in [1.54, 1.807) is 11.9 Å². The number of nitrogens with zero attached hydrogens (tertiary/aromatic N) is 3. The first-order valence-electron chi connectivity index (χ1n) is 6.82. The van der Waals surface area contributed by atoms with Crippen LogP contribution in [0.5, 0.6) is 0 Å². The smallest absolute Gasteiger partial charge is 0.322 e. The van der Waals surface area contributed by atoms with Crippen LogP contribution in [0, 0.1) is 5.82 Å². The maximum atomic E-state index is 12.9. The van der Waals surface area contributed by atoms with Crippen LogP contribution in [0.15, 0.2) is 24.3 Å². The molecule has 1 aromatic rings. The van der Waals surface area contributed by atoms with E-state index >= 15 is 0 Å². The molecule has 122 valence electrons. The van der Waals surface area contributed by atoms with Crippen LogP contribution in [0.4, 0.5) is 14.9 Å². The summed E-state index contributed by atoms with van der Waals surface area (Å²) < 4.78 is 39.8. The van der Waals surface area contributed by atoms with Gasteiger partial charge in [-0.25, -0.2) is 13.9 Å². The van der Waals surface area contributed by atoms with Crippen molar-refractivity contribution in [2.24, 2.45) is 0 Å². The van der Waals surface area contributed by atoms with E-state index < -0.39 is 10.2 Å². The summed E-state index contributed by atoms with van der Waals surface area (Å²) in [7, 11) is -0.498. The number of hydrogen-bond donors (Lipinski definition) is 1. The second kappa shape index (κ2) is 6.59. The van der Waals surface area contributed by atoms with E-state index in [0.717, 1.165) is 0 Å². The maximum absolute atomic E-state index is 12.9. The molecule has 1 aromatic carbocycles. The number of amides is 2. The van der Waals surface area contributed by atoms with Crippen LogP contribution in [0.1, 0.15) is 0 Å². The number of rotatable bonds is 3. The number of benzene rings is 1. The van der Waals surface area contributed by atoms with E-state index in [0.29, 0.717) is 18.8 Å². The average Bonchev–Trinajstić information content (AvgIpc) is 2.54. The minimum Gasteiger partial charge on any atom is -0.322 e. The summed E-state index contributed by atoms with van der Waals surface area (Å²) in [5.41, 5.74) is 0.580. The largest absolute Gasteiger partial charge is 0.324 e. The molecule has 1 saturated heterocycles. The zero-order chi connectivity index (χ0) is 16.3. The third kappa shape index (κ3) is 3.54. The predicted molar refractivity (Wildman–Crippen MR) is 81.3 cm³/mol. The molecule has 0 unspecified atom stereocenters. The quantitative estimate of drug-likeness (QED) is 0.875. The molecule has 1 aliphatic rings. The summed E-state index contributed by atoms with van der Waals surface area (Å²) in [4.78, 5) is 15.4. The number of carbonyl (C=O) groups excluding carboxylic acids is 1. The van der Waals surface area contributed by atoms with Gasteiger partial charge in [-0.2, -0.15) is 12.7 Å². The fourth-order valence-corrected chi connectivity index (χ4v) is 3.14. The highest BCUT2D eigenvalue weighted by atomic mass is 32.2. The minimum atomic E-state index is -3.46. The van der Waals surface area contributed by atoms with Gasteiger partial charge in [0.25, 0.3) is 10.2 Å². The minimum absolute atomic E-state index is 0.242. The molecule has 0 saturated carbocycles. The molecule has 0 radical (unpaired) electrons. The van der Waals surface area contributed by atoms with Gasteiger partial charge in [0, 0.05) is 46.0 Å². The van der Waals surface area contributed by atoms with Gasteiger partial charge in [0.1, 0.15) is 5.82 Å². The summed E-state index contributed by atoms with van der Waals surface area (Å²) >= 11 is 0. The zero-order valence-corrected chi connectivity index (χ0v) is 13.3. The summed E-state index contributed by atoms with van der Waals surface area (Å²) in [6.45, 7) is 1.11. The molecule has 1 aliphatic heterocycles. The third-order valence-electron chi connectivity index (χ3n) is 3.61. The van der Waals surface area contributed by atoms with Crippen LogP contribution in [0.3, 0.4) is 0 Å². The van der Waals surface area contributed by atoms with E-state index in [1.165, 1.54) is 40.5 Å². The molecule has 1 N–H and O–H groups in total. The Morgan fingerprint density at radius 2 is 1.73 bits per heavy atom. The van der Waals surface area contributed by atoms with Crippen LogP contribution in [0.2, 0.25) is 0 Å². The van der Waals surface area contributed by atoms with E-state index in [9.17, 15) is 17.6 Å². The van der Waals surface area contributed by atoms with Crippen molar-refractivity contribution in [1.82, 2.24) is 13.9 Å². The Hall–Kier alpha value is -1.71. The molecule has 2 amide bonds. The monoisotopic (exact) mass is 330 g/mol. The number of urea groups is 1. The average molecular weight is 330 g/mol. The van der Waals surface area contributed by atoms with Gasteiger partial charge >= 0.3 is 6.03 Å². The lowest BCUT2D eigenvalue weighted by molar-refractivity contribution is 0.179. The van der Waals surface area contributed by atoms with Gasteiger partial charge in [-0.1, -0.05) is 0 Å². The molecule has 0 aromatic heterocycles. The van der Waals surface area contributed by atoms with Gasteiger partial charge in [-0.3, -0.25) is 4.90 Å². The normalized spacial score (nSPS) is 16.6. The lowest BCUT2D eigenvalue weighted by Crippen LogP contribution is -2.55. The Kier molecular flexibility index (Phi) is 4.99. The van der Waals surface area contributed by atoms with Crippen molar-refractivity contribution in [3.8, 4) is 0 Å². The Labute approximate surface area is 129 Å². The highest BCUT2D eigenvalue weighted by Crippen LogP contribution is 2.16. The highest BCUT2D eigenvalue weighted by molar-refractivity contribution is 7.87. The SMILES string of the molecule is CNS(=O)(=O)N1CCN(C(=O)N(C)c2ccc(F)cc2)CC1. The molecule has 0 aliphatic carbocycles. The number of piperazine rings is 1. The van der Waals surface area contributed by atoms with Crippen molar-refractivity contribution in [1.29, 1.82) is 0 Å². The predicted octanol–water partition coefficient (Wildman–Crippen LogP) is 0.464. The maximum Gasteiger partial charge on any atom is 0.324 e. The van der Waals surface area contributed by atoms with E-state index in [1.807, 2.05) is 0 Å². The van der Waals surface area contributed by atoms with Gasteiger partial charge in [0.2, 0.25) is 0 Å². The molecule has 9 heteroatoms. The van der Waals surface area contributed by atoms with Crippen LogP contribution in [-0.4, -0.2) is 63.9 Å². The van der Waals surface area contributed by atoms with Gasteiger partial charge in [-0.15, -0.1) is 0 Å². The number of halogens is 1. The number of carbonyl (C=O) groups is 1. The lowest BCUT2D eigenvalue weighted by atomic mass is 10.3. The Morgan fingerprint density at radius 3 is 2.23 bits per heavy atom. The van der Waals surface area contributed by atoms with Crippen molar-refractivity contribution in [2.45, 2.75) is 0 Å². The molecule has 0 atom stereocenters. The number of nitrogens with one attached hydrogen (secondary N) is 1. The molecule has 0 spiro atoms. The molecule has 7 nitrogen and oxygen atoms in total. The van der Waals surface area contributed by atoms with E-state index in [2.05, 4.69) is 4.72 Å². The van der Waals surface area contributed by atoms with Crippen LogP contribution in [0.25, 0.3) is 0 Å². The highest BCUT2D eigenvalue weighted by Gasteiger charge is 2.29. The first-order chi connectivity index (χ1) is 10.3. The summed E-state index contributed by atoms with van der Waals surface area (Å²) in [6.07, 6.45) is 0. The van der Waals surface area contributed by atoms with Crippen molar-refractivity contribution >= 4 is 21.9 Å². The molecular formula is C13H19FN4O3S. The molecule has 1 fully saturated rings. The Bertz CT molecular complexity index is 627. The van der Waals surface area contributed by atoms with Crippen molar-refractivity contribution < 1.29 is 17.6 Å². The first-order valence-corrected chi connectivity index (χ1v) is 8.26. The zero-order valence-electron chi connectivity index (χ0n) is 12.5. The van der Waals surface area contributed by atoms with Gasteiger partial charge < -0.3 is 4.90 Å². The van der Waals surface area contributed by atoms with E-state index in [-0.39, 0.29) is 24.9 Å². The molecule has 2 rings (SSSR count). The number of anilines is 1. The third-order valence-corrected chi connectivity index (χ3v) is 5.17. The second-order valence-electron chi connectivity index (χ2n) is 4.91. The van der Waals surface area contributed by atoms with Gasteiger partial charge in [0.05, 0.1) is 0 Å². The fourth-order valence-electron chi connectivity index (χ4n) is 2.24. The van der Waals surface area contributed by atoms with Crippen LogP contribution < -0.4 is 9.62 Å². The second-order valence-corrected chi connectivity index (χ2v) is 6.79. The summed E-state index contributed by atoms with van der Waals surface area (Å²) in [5, 5.41) is 0. The summed E-state index contributed by atoms with van der Waals surface area (Å²) in [6, 6.07) is 5.38. The van der Waals surface area contributed by atoms with Gasteiger partial charge in [0.15, 0.2) is 0 Å². The molecule has 0 bridgehead atoms. The molecular weight excluding hydrogens is 311 g/mol. The van der Waals surface area contributed by atoms with Crippen LogP contribution >= 0.6 is 0 Å². The van der Waals surface area contributed by atoms with Crippen molar-refractivity contribution in [3.05, 3.63) is 30.1 Å². The summed E-state index contributed by atoms with van der Waals surface area (Å²) in [5.74, 6) is -0.365. The standard InChI is InChI=1S/C13H19FN4O3S/c1-15-22(20,21)18-9-7-17(8-10-18)13(19)16(2)12-5-3-11(14)4-6-12/h3-6,15H,7-10H2,1-2H3. The first kappa shape index (κ1) is 16.7. The fraction of sp³-hybridized carbons (Fsp3) is 0.462. The molecule has 1 heterocycles. The number of hydrogen-bond acceptors (Lipinski definition) is 3. The lowest BCUT2D eigenvalue weighted by Gasteiger charge is -2.35. The molecule has 22 heavy (non-hydrogen) atoms. The Morgan fingerprint density at radius 1 is 1.18 bits per heavy atom.